The van der Waals surface area contributed by atoms with Gasteiger partial charge in [-0.1, -0.05) is 37.3 Å². The number of thiazole rings is 1. The quantitative estimate of drug-likeness (QED) is 0.865. The summed E-state index contributed by atoms with van der Waals surface area (Å²) in [6, 6.07) is 10.6. The number of aliphatic hydroxyl groups excluding tert-OH is 1. The van der Waals surface area contributed by atoms with Crippen molar-refractivity contribution in [3.05, 3.63) is 52.5 Å². The molecule has 0 radical (unpaired) electrons. The van der Waals surface area contributed by atoms with Gasteiger partial charge in [0.25, 0.3) is 0 Å². The molecule has 0 bridgehead atoms. The number of aryl methyl sites for hydroxylation is 1. The average Bonchev–Trinajstić information content (AvgIpc) is 3.34. The summed E-state index contributed by atoms with van der Waals surface area (Å²) in [5.41, 5.74) is 3.84. The zero-order valence-corrected chi connectivity index (χ0v) is 15.7. The molecule has 2 aromatic rings. The van der Waals surface area contributed by atoms with Crippen LogP contribution in [-0.4, -0.2) is 28.8 Å². The minimum absolute atomic E-state index is 0.0191. The van der Waals surface area contributed by atoms with Crippen LogP contribution in [0.25, 0.3) is 5.57 Å². The molecule has 134 valence electrons. The van der Waals surface area contributed by atoms with Crippen LogP contribution < -0.4 is 4.90 Å². The van der Waals surface area contributed by atoms with Crippen LogP contribution in [0, 0.1) is 11.3 Å². The lowest BCUT2D eigenvalue weighted by atomic mass is 9.76. The topological polar surface area (TPSA) is 60.2 Å². The van der Waals surface area contributed by atoms with Gasteiger partial charge in [0.15, 0.2) is 5.13 Å². The molecule has 26 heavy (non-hydrogen) atoms. The number of hydrogen-bond donors (Lipinski definition) is 1. The Morgan fingerprint density at radius 3 is 2.73 bits per heavy atom. The number of allylic oxidation sites excluding steroid dienone is 2. The lowest BCUT2D eigenvalue weighted by Crippen LogP contribution is -2.63. The van der Waals surface area contributed by atoms with Crippen molar-refractivity contribution in [3.63, 3.8) is 0 Å². The van der Waals surface area contributed by atoms with Crippen molar-refractivity contribution in [1.29, 1.82) is 5.26 Å². The van der Waals surface area contributed by atoms with Gasteiger partial charge < -0.3 is 10.0 Å². The minimum atomic E-state index is -0.278. The highest BCUT2D eigenvalue weighted by molar-refractivity contribution is 7.15. The van der Waals surface area contributed by atoms with Crippen LogP contribution in [-0.2, 0) is 6.42 Å². The maximum atomic E-state index is 9.97. The number of hydrogen-bond acceptors (Lipinski definition) is 5. The van der Waals surface area contributed by atoms with E-state index in [0.717, 1.165) is 23.5 Å². The summed E-state index contributed by atoms with van der Waals surface area (Å²) in [6.07, 6.45) is 8.70. The van der Waals surface area contributed by atoms with Crippen molar-refractivity contribution in [1.82, 2.24) is 4.98 Å². The fourth-order valence-electron chi connectivity index (χ4n) is 4.10. The highest BCUT2D eigenvalue weighted by Crippen LogP contribution is 2.45. The fraction of sp³-hybridized carbons (Fsp3) is 0.429. The lowest BCUT2D eigenvalue weighted by Gasteiger charge is -2.51. The zero-order chi connectivity index (χ0) is 18.1. The van der Waals surface area contributed by atoms with Gasteiger partial charge in [0.2, 0.25) is 0 Å². The Hall–Kier alpha value is -2.16. The zero-order valence-electron chi connectivity index (χ0n) is 14.9. The SMILES string of the molecule is CCc1cnc(N2[C@@H](C#N)[C@H](c3ccc(C4=CCCC4)cc3)[C@@H]2CO)s1. The Morgan fingerprint density at radius 1 is 1.35 bits per heavy atom. The summed E-state index contributed by atoms with van der Waals surface area (Å²) in [5.74, 6) is 0.0191. The van der Waals surface area contributed by atoms with Gasteiger partial charge >= 0.3 is 0 Å². The van der Waals surface area contributed by atoms with Crippen molar-refractivity contribution >= 4 is 22.0 Å². The average molecular weight is 366 g/mol. The maximum Gasteiger partial charge on any atom is 0.186 e. The highest BCUT2D eigenvalue weighted by Gasteiger charge is 2.50. The third-order valence-electron chi connectivity index (χ3n) is 5.55. The number of nitriles is 1. The molecular weight excluding hydrogens is 342 g/mol. The van der Waals surface area contributed by atoms with E-state index < -0.39 is 0 Å². The molecule has 1 aromatic heterocycles. The molecule has 0 spiro atoms. The van der Waals surface area contributed by atoms with E-state index in [1.165, 1.54) is 28.9 Å². The monoisotopic (exact) mass is 365 g/mol. The van der Waals surface area contributed by atoms with Crippen molar-refractivity contribution in [2.24, 2.45) is 0 Å². The van der Waals surface area contributed by atoms with Gasteiger partial charge in [-0.25, -0.2) is 4.98 Å². The summed E-state index contributed by atoms with van der Waals surface area (Å²) in [7, 11) is 0. The van der Waals surface area contributed by atoms with Crippen molar-refractivity contribution in [2.45, 2.75) is 50.6 Å². The number of rotatable bonds is 5. The molecule has 0 unspecified atom stereocenters. The first-order chi connectivity index (χ1) is 12.8. The first-order valence-corrected chi connectivity index (χ1v) is 10.1. The molecule has 2 aliphatic rings. The molecule has 2 heterocycles. The Labute approximate surface area is 158 Å². The number of nitrogens with zero attached hydrogens (tertiary/aromatic N) is 3. The Bertz CT molecular complexity index is 849. The van der Waals surface area contributed by atoms with E-state index in [4.69, 9.17) is 0 Å². The van der Waals surface area contributed by atoms with Crippen LogP contribution >= 0.6 is 11.3 Å². The van der Waals surface area contributed by atoms with Crippen LogP contribution in [0.3, 0.4) is 0 Å². The predicted molar refractivity (Wildman–Crippen MR) is 105 cm³/mol. The third kappa shape index (κ3) is 2.84. The second kappa shape index (κ2) is 7.22. The smallest absolute Gasteiger partial charge is 0.186 e. The molecule has 1 aromatic carbocycles. The molecule has 4 rings (SSSR count). The van der Waals surface area contributed by atoms with E-state index in [-0.39, 0.29) is 24.6 Å². The molecule has 3 atom stereocenters. The van der Waals surface area contributed by atoms with Crippen LogP contribution in [0.5, 0.6) is 0 Å². The summed E-state index contributed by atoms with van der Waals surface area (Å²) in [4.78, 5) is 7.66. The second-order valence-electron chi connectivity index (χ2n) is 6.96. The van der Waals surface area contributed by atoms with Crippen molar-refractivity contribution in [3.8, 4) is 6.07 Å². The molecule has 1 fully saturated rings. The maximum absolute atomic E-state index is 9.97. The first kappa shape index (κ1) is 17.3. The number of benzene rings is 1. The summed E-state index contributed by atoms with van der Waals surface area (Å²) < 4.78 is 0. The van der Waals surface area contributed by atoms with Gasteiger partial charge in [-0.2, -0.15) is 5.26 Å². The molecule has 5 heteroatoms. The molecule has 1 aliphatic heterocycles. The van der Waals surface area contributed by atoms with Crippen LogP contribution in [0.4, 0.5) is 5.13 Å². The fourth-order valence-corrected chi connectivity index (χ4v) is 5.05. The van der Waals surface area contributed by atoms with E-state index in [1.807, 2.05) is 11.1 Å². The van der Waals surface area contributed by atoms with E-state index in [0.29, 0.717) is 0 Å². The van der Waals surface area contributed by atoms with Crippen LogP contribution in [0.2, 0.25) is 0 Å². The van der Waals surface area contributed by atoms with Gasteiger partial charge in [0, 0.05) is 17.0 Å². The van der Waals surface area contributed by atoms with Crippen molar-refractivity contribution in [2.75, 3.05) is 11.5 Å². The molecule has 1 N–H and O–H groups in total. The normalized spacial score (nSPS) is 24.9. The molecule has 0 saturated carbocycles. The van der Waals surface area contributed by atoms with E-state index in [2.05, 4.69) is 48.3 Å². The predicted octanol–water partition coefficient (Wildman–Crippen LogP) is 4.13. The van der Waals surface area contributed by atoms with E-state index in [9.17, 15) is 10.4 Å². The Kier molecular flexibility index (Phi) is 4.80. The Balaban J connectivity index is 1.59. The van der Waals surface area contributed by atoms with E-state index in [1.54, 1.807) is 11.3 Å². The summed E-state index contributed by atoms with van der Waals surface area (Å²) in [6.45, 7) is 2.12. The van der Waals surface area contributed by atoms with Crippen LogP contribution in [0.15, 0.2) is 36.5 Å². The number of aliphatic hydroxyl groups is 1. The molecule has 1 saturated heterocycles. The third-order valence-corrected chi connectivity index (χ3v) is 6.70. The summed E-state index contributed by atoms with van der Waals surface area (Å²) >= 11 is 1.62. The van der Waals surface area contributed by atoms with E-state index >= 15 is 0 Å². The molecular formula is C21H23N3OS. The van der Waals surface area contributed by atoms with Crippen LogP contribution in [0.1, 0.15) is 48.1 Å². The van der Waals surface area contributed by atoms with Gasteiger partial charge in [0.1, 0.15) is 6.04 Å². The second-order valence-corrected chi connectivity index (χ2v) is 8.06. The molecule has 1 aliphatic carbocycles. The lowest BCUT2D eigenvalue weighted by molar-refractivity contribution is 0.187. The van der Waals surface area contributed by atoms with Gasteiger partial charge in [-0.05, 0) is 42.4 Å². The van der Waals surface area contributed by atoms with Crippen molar-refractivity contribution < 1.29 is 5.11 Å². The van der Waals surface area contributed by atoms with Gasteiger partial charge in [-0.15, -0.1) is 11.3 Å². The van der Waals surface area contributed by atoms with Gasteiger partial charge in [0.05, 0.1) is 18.7 Å². The standard InChI is InChI=1S/C21H23N3OS/c1-2-17-12-23-21(26-17)24-18(11-22)20(19(24)13-25)16-9-7-15(8-10-16)14-5-3-4-6-14/h5,7-10,12,18-20,25H,2-4,6,13H2,1H3/t18-,19-,20-/m0/s1. The summed E-state index contributed by atoms with van der Waals surface area (Å²) in [5, 5.41) is 20.6. The molecule has 4 nitrogen and oxygen atoms in total. The van der Waals surface area contributed by atoms with Gasteiger partial charge in [-0.3, -0.25) is 0 Å². The highest BCUT2D eigenvalue weighted by atomic mass is 32.1. The first-order valence-electron chi connectivity index (χ1n) is 9.29. The number of anilines is 1. The Morgan fingerprint density at radius 2 is 2.15 bits per heavy atom. The molecule has 0 amide bonds. The minimum Gasteiger partial charge on any atom is -0.394 e. The largest absolute Gasteiger partial charge is 0.394 e. The number of aromatic nitrogens is 1.